The van der Waals surface area contributed by atoms with Crippen molar-refractivity contribution < 1.29 is 28.2 Å². The Balaban J connectivity index is 1.88. The number of rotatable bonds is 5. The fraction of sp³-hybridized carbons (Fsp3) is 0.333. The van der Waals surface area contributed by atoms with Gasteiger partial charge in [-0.1, -0.05) is 41.4 Å². The van der Waals surface area contributed by atoms with Crippen LogP contribution < -0.4 is 0 Å². The van der Waals surface area contributed by atoms with Gasteiger partial charge in [0.25, 0.3) is 5.91 Å². The zero-order valence-corrected chi connectivity index (χ0v) is 23.0. The van der Waals surface area contributed by atoms with Crippen molar-refractivity contribution in [2.45, 2.75) is 66.3 Å². The molecule has 8 heteroatoms. The molecule has 0 saturated heterocycles. The second-order valence-corrected chi connectivity index (χ2v) is 11.1. The van der Waals surface area contributed by atoms with Gasteiger partial charge in [-0.3, -0.25) is 4.79 Å². The van der Waals surface area contributed by atoms with Crippen LogP contribution in [0.2, 0.25) is 5.02 Å². The van der Waals surface area contributed by atoms with Crippen molar-refractivity contribution in [2.24, 2.45) is 0 Å². The average molecular weight is 542 g/mol. The minimum absolute atomic E-state index is 0.0597. The highest BCUT2D eigenvalue weighted by molar-refractivity contribution is 6.31. The molecule has 1 heterocycles. The van der Waals surface area contributed by atoms with Gasteiger partial charge in [-0.2, -0.15) is 0 Å². The second-order valence-electron chi connectivity index (χ2n) is 10.7. The summed E-state index contributed by atoms with van der Waals surface area (Å²) in [5.74, 6) is -4.01. The van der Waals surface area contributed by atoms with Gasteiger partial charge in [-0.25, -0.2) is 13.6 Å². The SMILES string of the molecule is Cc1ccc(-c2c(C)c3c(c(C)c2[C@H](OC(C)(C)C)C(=O)O)CN(C(=O)c2cc(F)c(F)c(Cl)c2)C3)cc1. The fourth-order valence-electron chi connectivity index (χ4n) is 5.03. The Morgan fingerprint density at radius 2 is 1.58 bits per heavy atom. The molecule has 0 unspecified atom stereocenters. The van der Waals surface area contributed by atoms with Crippen LogP contribution in [0.3, 0.4) is 0 Å². The summed E-state index contributed by atoms with van der Waals surface area (Å²) in [5, 5.41) is 9.80. The molecule has 200 valence electrons. The lowest BCUT2D eigenvalue weighted by atomic mass is 9.83. The minimum atomic E-state index is -1.25. The van der Waals surface area contributed by atoms with Crippen molar-refractivity contribution in [3.05, 3.63) is 92.0 Å². The number of aliphatic carboxylic acids is 1. The molecule has 4 rings (SSSR count). The number of ether oxygens (including phenoxy) is 1. The summed E-state index contributed by atoms with van der Waals surface area (Å²) in [6, 6.07) is 9.78. The van der Waals surface area contributed by atoms with E-state index in [1.54, 1.807) is 20.8 Å². The maximum absolute atomic E-state index is 14.0. The van der Waals surface area contributed by atoms with E-state index in [4.69, 9.17) is 16.3 Å². The van der Waals surface area contributed by atoms with Crippen LogP contribution in [-0.2, 0) is 22.6 Å². The third-order valence-corrected chi connectivity index (χ3v) is 7.11. The Kier molecular flexibility index (Phi) is 7.38. The van der Waals surface area contributed by atoms with Gasteiger partial charge in [0.05, 0.1) is 10.6 Å². The highest BCUT2D eigenvalue weighted by Crippen LogP contribution is 2.44. The summed E-state index contributed by atoms with van der Waals surface area (Å²) >= 11 is 5.79. The van der Waals surface area contributed by atoms with Gasteiger partial charge in [0.2, 0.25) is 0 Å². The van der Waals surface area contributed by atoms with E-state index >= 15 is 0 Å². The van der Waals surface area contributed by atoms with Crippen molar-refractivity contribution in [1.29, 1.82) is 0 Å². The van der Waals surface area contributed by atoms with E-state index in [9.17, 15) is 23.5 Å². The van der Waals surface area contributed by atoms with E-state index in [0.717, 1.165) is 51.1 Å². The molecular formula is C30H30ClF2NO4. The number of nitrogens with zero attached hydrogens (tertiary/aromatic N) is 1. The van der Waals surface area contributed by atoms with Gasteiger partial charge >= 0.3 is 5.97 Å². The predicted molar refractivity (Wildman–Crippen MR) is 142 cm³/mol. The molecule has 1 aliphatic heterocycles. The molecule has 0 spiro atoms. The fourth-order valence-corrected chi connectivity index (χ4v) is 5.24. The quantitative estimate of drug-likeness (QED) is 0.344. The van der Waals surface area contributed by atoms with Gasteiger partial charge in [0, 0.05) is 24.2 Å². The van der Waals surface area contributed by atoms with Crippen LogP contribution in [0.25, 0.3) is 11.1 Å². The Hall–Kier alpha value is -3.29. The number of carbonyl (C=O) groups is 2. The summed E-state index contributed by atoms with van der Waals surface area (Å²) in [7, 11) is 0. The van der Waals surface area contributed by atoms with Crippen molar-refractivity contribution in [2.75, 3.05) is 0 Å². The second kappa shape index (κ2) is 10.1. The third kappa shape index (κ3) is 5.18. The molecule has 0 fully saturated rings. The van der Waals surface area contributed by atoms with E-state index in [1.807, 2.05) is 45.0 Å². The molecule has 0 bridgehead atoms. The average Bonchev–Trinajstić information content (AvgIpc) is 3.29. The van der Waals surface area contributed by atoms with E-state index in [-0.39, 0.29) is 18.7 Å². The molecule has 38 heavy (non-hydrogen) atoms. The molecular weight excluding hydrogens is 512 g/mol. The Bertz CT molecular complexity index is 1420. The third-order valence-electron chi connectivity index (χ3n) is 6.83. The van der Waals surface area contributed by atoms with Crippen LogP contribution in [0.15, 0.2) is 36.4 Å². The van der Waals surface area contributed by atoms with Gasteiger partial charge in [0.1, 0.15) is 0 Å². The lowest BCUT2D eigenvalue weighted by molar-refractivity contribution is -0.160. The smallest absolute Gasteiger partial charge is 0.337 e. The number of aryl methyl sites for hydroxylation is 1. The predicted octanol–water partition coefficient (Wildman–Crippen LogP) is 7.31. The molecule has 3 aromatic rings. The molecule has 0 aliphatic carbocycles. The number of fused-ring (bicyclic) bond motifs is 1. The van der Waals surface area contributed by atoms with E-state index in [2.05, 4.69) is 0 Å². The van der Waals surface area contributed by atoms with Crippen LogP contribution in [0.4, 0.5) is 8.78 Å². The van der Waals surface area contributed by atoms with Crippen LogP contribution in [-0.4, -0.2) is 27.5 Å². The molecule has 0 aromatic heterocycles. The highest BCUT2D eigenvalue weighted by Gasteiger charge is 2.36. The number of amides is 1. The van der Waals surface area contributed by atoms with Gasteiger partial charge in [0.15, 0.2) is 17.7 Å². The van der Waals surface area contributed by atoms with Crippen molar-refractivity contribution in [3.8, 4) is 11.1 Å². The van der Waals surface area contributed by atoms with Crippen molar-refractivity contribution >= 4 is 23.5 Å². The number of hydrogen-bond acceptors (Lipinski definition) is 3. The molecule has 5 nitrogen and oxygen atoms in total. The zero-order chi connectivity index (χ0) is 28.1. The highest BCUT2D eigenvalue weighted by atomic mass is 35.5. The number of benzene rings is 3. The summed E-state index contributed by atoms with van der Waals surface area (Å²) in [5.41, 5.74) is 5.67. The first kappa shape index (κ1) is 27.7. The largest absolute Gasteiger partial charge is 0.479 e. The first-order chi connectivity index (χ1) is 17.7. The normalized spacial score (nSPS) is 14.0. The molecule has 0 radical (unpaired) electrons. The summed E-state index contributed by atoms with van der Waals surface area (Å²) < 4.78 is 33.8. The van der Waals surface area contributed by atoms with Gasteiger partial charge in [-0.15, -0.1) is 0 Å². The van der Waals surface area contributed by atoms with Crippen LogP contribution in [0.5, 0.6) is 0 Å². The van der Waals surface area contributed by atoms with E-state index < -0.39 is 40.2 Å². The molecule has 1 aliphatic rings. The maximum atomic E-state index is 14.0. The first-order valence-electron chi connectivity index (χ1n) is 12.3. The molecule has 3 aromatic carbocycles. The van der Waals surface area contributed by atoms with Crippen LogP contribution in [0.1, 0.15) is 70.6 Å². The Morgan fingerprint density at radius 1 is 1.00 bits per heavy atom. The maximum Gasteiger partial charge on any atom is 0.337 e. The summed E-state index contributed by atoms with van der Waals surface area (Å²) in [4.78, 5) is 27.4. The van der Waals surface area contributed by atoms with Crippen LogP contribution in [0, 0.1) is 32.4 Å². The molecule has 1 amide bonds. The van der Waals surface area contributed by atoms with Crippen LogP contribution >= 0.6 is 11.6 Å². The van der Waals surface area contributed by atoms with E-state index in [0.29, 0.717) is 5.56 Å². The summed E-state index contributed by atoms with van der Waals surface area (Å²) in [6.07, 6.45) is -1.25. The molecule has 0 saturated carbocycles. The number of hydrogen-bond donors (Lipinski definition) is 1. The van der Waals surface area contributed by atoms with E-state index in [1.165, 1.54) is 4.90 Å². The number of halogens is 3. The van der Waals surface area contributed by atoms with Gasteiger partial charge < -0.3 is 14.7 Å². The van der Waals surface area contributed by atoms with Crippen molar-refractivity contribution in [1.82, 2.24) is 4.90 Å². The van der Waals surface area contributed by atoms with Crippen molar-refractivity contribution in [3.63, 3.8) is 0 Å². The Labute approximate surface area is 226 Å². The zero-order valence-electron chi connectivity index (χ0n) is 22.2. The number of carboxylic acids is 1. The van der Waals surface area contributed by atoms with Gasteiger partial charge in [-0.05, 0) is 87.1 Å². The summed E-state index contributed by atoms with van der Waals surface area (Å²) in [6.45, 7) is 11.6. The first-order valence-corrected chi connectivity index (χ1v) is 12.6. The number of carboxylic acid groups (broad SMARTS) is 1. The standard InChI is InChI=1S/C30H30ClF2NO4/c1-15-7-9-18(10-8-15)24-16(2)20-13-34(28(35)19-11-22(31)26(33)23(32)12-19)14-21(20)17(3)25(24)27(29(36)37)38-30(4,5)6/h7-12,27H,13-14H2,1-6H3,(H,36,37)/t27-/m0/s1. The lowest BCUT2D eigenvalue weighted by Crippen LogP contribution is -2.28. The molecule has 1 N–H and O–H groups in total. The number of carbonyl (C=O) groups excluding carboxylic acids is 1. The lowest BCUT2D eigenvalue weighted by Gasteiger charge is -2.29. The topological polar surface area (TPSA) is 66.8 Å². The minimum Gasteiger partial charge on any atom is -0.479 e. The Morgan fingerprint density at radius 3 is 2.11 bits per heavy atom. The monoisotopic (exact) mass is 541 g/mol. The molecule has 1 atom stereocenters.